The highest BCUT2D eigenvalue weighted by Gasteiger charge is 2.60. The monoisotopic (exact) mass is 391 g/mol. The summed E-state index contributed by atoms with van der Waals surface area (Å²) in [6.07, 6.45) is 2.70. The summed E-state index contributed by atoms with van der Waals surface area (Å²) in [6.45, 7) is 1.92. The average molecular weight is 391 g/mol. The number of carbonyl (C=O) groups excluding carboxylic acids is 1. The number of hydrogen-bond donors (Lipinski definition) is 1. The van der Waals surface area contributed by atoms with Gasteiger partial charge in [0, 0.05) is 5.39 Å². The van der Waals surface area contributed by atoms with E-state index in [1.165, 1.54) is 6.07 Å². The summed E-state index contributed by atoms with van der Waals surface area (Å²) in [4.78, 5) is 26.8. The number of aromatic nitrogens is 1. The van der Waals surface area contributed by atoms with Crippen molar-refractivity contribution in [2.75, 3.05) is 13.2 Å². The van der Waals surface area contributed by atoms with E-state index in [0.717, 1.165) is 12.8 Å². The molecular formula is C19H21NO6S. The summed E-state index contributed by atoms with van der Waals surface area (Å²) < 4.78 is 35.2. The van der Waals surface area contributed by atoms with Gasteiger partial charge in [-0.3, -0.25) is 4.79 Å². The lowest BCUT2D eigenvalue weighted by atomic mass is 10.1. The number of fused-ring (bicyclic) bond motifs is 1. The van der Waals surface area contributed by atoms with Crippen molar-refractivity contribution < 1.29 is 22.7 Å². The predicted octanol–water partition coefficient (Wildman–Crippen LogP) is 2.19. The minimum absolute atomic E-state index is 0.0727. The minimum atomic E-state index is -3.17. The Morgan fingerprint density at radius 1 is 1.30 bits per heavy atom. The number of sulfone groups is 1. The normalized spacial score (nSPS) is 18.3. The van der Waals surface area contributed by atoms with Crippen LogP contribution in [-0.4, -0.2) is 42.6 Å². The molecule has 2 saturated carbocycles. The number of hydrogen-bond acceptors (Lipinski definition) is 6. The number of esters is 1. The number of aromatic amines is 1. The molecule has 2 aliphatic rings. The van der Waals surface area contributed by atoms with Crippen LogP contribution in [0, 0.1) is 0 Å². The van der Waals surface area contributed by atoms with Crippen LogP contribution in [0.25, 0.3) is 10.9 Å². The maximum atomic E-state index is 12.6. The Bertz CT molecular complexity index is 1060. The maximum absolute atomic E-state index is 12.6. The van der Waals surface area contributed by atoms with Gasteiger partial charge in [0.1, 0.15) is 22.7 Å². The fraction of sp³-hybridized carbons (Fsp3) is 0.474. The van der Waals surface area contributed by atoms with Crippen molar-refractivity contribution in [1.82, 2.24) is 4.98 Å². The number of pyridine rings is 1. The van der Waals surface area contributed by atoms with Crippen LogP contribution in [0.1, 0.15) is 43.0 Å². The first kappa shape index (κ1) is 18.0. The molecule has 1 heterocycles. The van der Waals surface area contributed by atoms with Gasteiger partial charge in [-0.25, -0.2) is 13.2 Å². The first-order valence-corrected chi connectivity index (χ1v) is 10.6. The molecule has 0 amide bonds. The largest absolute Gasteiger partial charge is 0.490 e. The molecule has 27 heavy (non-hydrogen) atoms. The van der Waals surface area contributed by atoms with Crippen LogP contribution in [0.2, 0.25) is 0 Å². The summed E-state index contributed by atoms with van der Waals surface area (Å²) in [6, 6.07) is 6.63. The van der Waals surface area contributed by atoms with Crippen LogP contribution in [-0.2, 0) is 14.6 Å². The smallest absolute Gasteiger partial charge is 0.343 e. The van der Waals surface area contributed by atoms with Crippen LogP contribution in [0.3, 0.4) is 0 Å². The van der Waals surface area contributed by atoms with Crippen molar-refractivity contribution in [1.29, 1.82) is 0 Å². The number of rotatable bonds is 7. The highest BCUT2D eigenvalue weighted by atomic mass is 32.2. The summed E-state index contributed by atoms with van der Waals surface area (Å²) in [5.74, 6) is -0.281. The maximum Gasteiger partial charge on any atom is 0.343 e. The van der Waals surface area contributed by atoms with Gasteiger partial charge in [-0.2, -0.15) is 0 Å². The van der Waals surface area contributed by atoms with Crippen molar-refractivity contribution in [2.24, 2.45) is 0 Å². The fourth-order valence-corrected chi connectivity index (χ4v) is 5.63. The van der Waals surface area contributed by atoms with Gasteiger partial charge < -0.3 is 14.5 Å². The SMILES string of the molecule is CCOC(=O)c1cc2cccc(OCC3(S(=O)(=O)C4CC4)CC3)c2[nH]c1=O. The third-order valence-electron chi connectivity index (χ3n) is 5.20. The zero-order chi connectivity index (χ0) is 19.2. The quantitative estimate of drug-likeness (QED) is 0.726. The Labute approximate surface area is 156 Å². The van der Waals surface area contributed by atoms with E-state index >= 15 is 0 Å². The molecule has 2 aliphatic carbocycles. The van der Waals surface area contributed by atoms with Gasteiger partial charge in [0.2, 0.25) is 0 Å². The number of H-pyrrole nitrogens is 1. The molecule has 1 N–H and O–H groups in total. The third-order valence-corrected chi connectivity index (χ3v) is 8.28. The number of carbonyl (C=O) groups is 1. The molecule has 2 aromatic rings. The second kappa shape index (κ2) is 6.37. The lowest BCUT2D eigenvalue weighted by molar-refractivity contribution is 0.0524. The highest BCUT2D eigenvalue weighted by Crippen LogP contribution is 2.50. The van der Waals surface area contributed by atoms with Gasteiger partial charge >= 0.3 is 5.97 Å². The number of benzene rings is 1. The van der Waals surface area contributed by atoms with Crippen LogP contribution in [0.4, 0.5) is 0 Å². The molecule has 1 aromatic heterocycles. The average Bonchev–Trinajstić information content (AvgIpc) is 3.53. The summed E-state index contributed by atoms with van der Waals surface area (Å²) >= 11 is 0. The zero-order valence-electron chi connectivity index (χ0n) is 15.0. The van der Waals surface area contributed by atoms with E-state index in [1.807, 2.05) is 0 Å². The molecular weight excluding hydrogens is 370 g/mol. The van der Waals surface area contributed by atoms with E-state index < -0.39 is 26.1 Å². The number of ether oxygens (including phenoxy) is 2. The molecule has 2 fully saturated rings. The Hall–Kier alpha value is -2.35. The summed E-state index contributed by atoms with van der Waals surface area (Å²) in [7, 11) is -3.17. The van der Waals surface area contributed by atoms with E-state index in [4.69, 9.17) is 9.47 Å². The molecule has 1 aromatic carbocycles. The standard InChI is InChI=1S/C19H21NO6S/c1-2-25-18(22)14-10-12-4-3-5-15(16(12)20-17(14)21)26-11-19(8-9-19)27(23,24)13-6-7-13/h3-5,10,13H,2,6-9,11H2,1H3,(H,20,21). The predicted molar refractivity (Wildman–Crippen MR) is 99.9 cm³/mol. The van der Waals surface area contributed by atoms with E-state index in [2.05, 4.69) is 4.98 Å². The molecule has 4 rings (SSSR count). The lowest BCUT2D eigenvalue weighted by Crippen LogP contribution is -2.33. The van der Waals surface area contributed by atoms with Crippen molar-refractivity contribution >= 4 is 26.7 Å². The van der Waals surface area contributed by atoms with Gasteiger partial charge in [0.15, 0.2) is 9.84 Å². The first-order valence-electron chi connectivity index (χ1n) is 9.07. The number of para-hydroxylation sites is 1. The molecule has 0 saturated heterocycles. The molecule has 0 unspecified atom stereocenters. The Morgan fingerprint density at radius 2 is 2.04 bits per heavy atom. The molecule has 0 atom stereocenters. The van der Waals surface area contributed by atoms with E-state index in [1.54, 1.807) is 25.1 Å². The summed E-state index contributed by atoms with van der Waals surface area (Å²) in [5.41, 5.74) is -0.199. The van der Waals surface area contributed by atoms with Gasteiger partial charge in [-0.15, -0.1) is 0 Å². The summed E-state index contributed by atoms with van der Waals surface area (Å²) in [5, 5.41) is 0.396. The molecule has 0 aliphatic heterocycles. The molecule has 0 bridgehead atoms. The highest BCUT2D eigenvalue weighted by molar-refractivity contribution is 7.94. The van der Waals surface area contributed by atoms with Crippen molar-refractivity contribution in [3.63, 3.8) is 0 Å². The molecule has 7 nitrogen and oxygen atoms in total. The van der Waals surface area contributed by atoms with E-state index in [9.17, 15) is 18.0 Å². The van der Waals surface area contributed by atoms with Crippen molar-refractivity contribution in [3.05, 3.63) is 40.2 Å². The van der Waals surface area contributed by atoms with Gasteiger partial charge in [0.25, 0.3) is 5.56 Å². The fourth-order valence-electron chi connectivity index (χ4n) is 3.28. The zero-order valence-corrected chi connectivity index (χ0v) is 15.8. The Morgan fingerprint density at radius 3 is 2.67 bits per heavy atom. The minimum Gasteiger partial charge on any atom is -0.490 e. The van der Waals surface area contributed by atoms with E-state index in [0.29, 0.717) is 29.5 Å². The Balaban J connectivity index is 1.62. The van der Waals surface area contributed by atoms with Crippen molar-refractivity contribution in [3.8, 4) is 5.75 Å². The van der Waals surface area contributed by atoms with Crippen LogP contribution in [0.15, 0.2) is 29.1 Å². The number of nitrogens with one attached hydrogen (secondary N) is 1. The molecule has 0 radical (unpaired) electrons. The van der Waals surface area contributed by atoms with Gasteiger partial charge in [-0.1, -0.05) is 12.1 Å². The molecule has 0 spiro atoms. The first-order chi connectivity index (χ1) is 12.9. The Kier molecular flexibility index (Phi) is 4.25. The van der Waals surface area contributed by atoms with Gasteiger partial charge in [0.05, 0.1) is 17.4 Å². The van der Waals surface area contributed by atoms with Crippen LogP contribution in [0.5, 0.6) is 5.75 Å². The van der Waals surface area contributed by atoms with Crippen LogP contribution < -0.4 is 10.3 Å². The second-order valence-corrected chi connectivity index (χ2v) is 9.79. The van der Waals surface area contributed by atoms with Crippen LogP contribution >= 0.6 is 0 Å². The third kappa shape index (κ3) is 3.12. The second-order valence-electron chi connectivity index (χ2n) is 7.17. The topological polar surface area (TPSA) is 103 Å². The lowest BCUT2D eigenvalue weighted by Gasteiger charge is -2.17. The molecule has 8 heteroatoms. The van der Waals surface area contributed by atoms with E-state index in [-0.39, 0.29) is 24.0 Å². The van der Waals surface area contributed by atoms with Gasteiger partial charge in [-0.05, 0) is 44.7 Å². The molecule has 144 valence electrons. The van der Waals surface area contributed by atoms with Crippen molar-refractivity contribution in [2.45, 2.75) is 42.6 Å².